The Bertz CT molecular complexity index is 675. The first-order chi connectivity index (χ1) is 12.2. The molecule has 0 radical (unpaired) electrons. The SMILES string of the molecule is COc1cccc(CCC(=O)N2CCC(Cc3ccccc3)CC2)c1. The molecule has 1 heterocycles. The Morgan fingerprint density at radius 3 is 2.48 bits per heavy atom. The first-order valence-corrected chi connectivity index (χ1v) is 9.19. The molecule has 0 spiro atoms. The average Bonchev–Trinajstić information content (AvgIpc) is 2.67. The largest absolute Gasteiger partial charge is 0.497 e. The zero-order valence-corrected chi connectivity index (χ0v) is 15.0. The molecule has 3 heteroatoms. The molecule has 1 amide bonds. The molecule has 132 valence electrons. The van der Waals surface area contributed by atoms with Gasteiger partial charge in [0.25, 0.3) is 0 Å². The van der Waals surface area contributed by atoms with Gasteiger partial charge in [-0.1, -0.05) is 42.5 Å². The predicted molar refractivity (Wildman–Crippen MR) is 101 cm³/mol. The second-order valence-electron chi connectivity index (χ2n) is 6.87. The summed E-state index contributed by atoms with van der Waals surface area (Å²) in [6.07, 6.45) is 4.71. The lowest BCUT2D eigenvalue weighted by Crippen LogP contribution is -2.39. The van der Waals surface area contributed by atoms with Crippen molar-refractivity contribution in [3.05, 3.63) is 65.7 Å². The molecule has 3 nitrogen and oxygen atoms in total. The van der Waals surface area contributed by atoms with E-state index in [1.54, 1.807) is 7.11 Å². The van der Waals surface area contributed by atoms with Crippen molar-refractivity contribution in [2.24, 2.45) is 5.92 Å². The van der Waals surface area contributed by atoms with E-state index in [0.29, 0.717) is 12.3 Å². The lowest BCUT2D eigenvalue weighted by atomic mass is 9.90. The third-order valence-corrected chi connectivity index (χ3v) is 5.10. The maximum atomic E-state index is 12.5. The van der Waals surface area contributed by atoms with Crippen molar-refractivity contribution in [1.82, 2.24) is 4.90 Å². The number of likely N-dealkylation sites (tertiary alicyclic amines) is 1. The van der Waals surface area contributed by atoms with Crippen molar-refractivity contribution >= 4 is 5.91 Å². The number of aryl methyl sites for hydroxylation is 1. The van der Waals surface area contributed by atoms with E-state index in [2.05, 4.69) is 36.4 Å². The summed E-state index contributed by atoms with van der Waals surface area (Å²) in [4.78, 5) is 14.5. The number of benzene rings is 2. The molecular weight excluding hydrogens is 310 g/mol. The maximum Gasteiger partial charge on any atom is 0.222 e. The Morgan fingerprint density at radius 2 is 1.76 bits per heavy atom. The molecular formula is C22H27NO2. The number of ether oxygens (including phenoxy) is 1. The average molecular weight is 337 g/mol. The number of amides is 1. The van der Waals surface area contributed by atoms with Gasteiger partial charge in [0.1, 0.15) is 5.75 Å². The Labute approximate surface area is 150 Å². The van der Waals surface area contributed by atoms with Crippen molar-refractivity contribution in [1.29, 1.82) is 0 Å². The highest BCUT2D eigenvalue weighted by molar-refractivity contribution is 5.76. The molecule has 25 heavy (non-hydrogen) atoms. The quantitative estimate of drug-likeness (QED) is 0.794. The normalized spacial score (nSPS) is 15.2. The minimum absolute atomic E-state index is 0.279. The van der Waals surface area contributed by atoms with Crippen LogP contribution in [0, 0.1) is 5.92 Å². The second kappa shape index (κ2) is 8.70. The van der Waals surface area contributed by atoms with Gasteiger partial charge in [0.05, 0.1) is 7.11 Å². The molecule has 0 unspecified atom stereocenters. The fourth-order valence-corrected chi connectivity index (χ4v) is 3.57. The zero-order valence-electron chi connectivity index (χ0n) is 15.0. The summed E-state index contributed by atoms with van der Waals surface area (Å²) >= 11 is 0. The number of hydrogen-bond acceptors (Lipinski definition) is 2. The van der Waals surface area contributed by atoms with Crippen LogP contribution in [0.5, 0.6) is 5.75 Å². The van der Waals surface area contributed by atoms with Gasteiger partial charge in [-0.2, -0.15) is 0 Å². The summed E-state index contributed by atoms with van der Waals surface area (Å²) in [6.45, 7) is 1.79. The minimum atomic E-state index is 0.279. The van der Waals surface area contributed by atoms with E-state index in [4.69, 9.17) is 4.74 Å². The van der Waals surface area contributed by atoms with Crippen molar-refractivity contribution in [3.8, 4) is 5.75 Å². The van der Waals surface area contributed by atoms with Gasteiger partial charge in [-0.3, -0.25) is 4.79 Å². The highest BCUT2D eigenvalue weighted by Gasteiger charge is 2.22. The molecule has 1 fully saturated rings. The monoisotopic (exact) mass is 337 g/mol. The highest BCUT2D eigenvalue weighted by atomic mass is 16.5. The summed E-state index contributed by atoms with van der Waals surface area (Å²) in [6, 6.07) is 18.7. The Morgan fingerprint density at radius 1 is 1.04 bits per heavy atom. The third-order valence-electron chi connectivity index (χ3n) is 5.10. The minimum Gasteiger partial charge on any atom is -0.497 e. The van der Waals surface area contributed by atoms with Crippen LogP contribution in [0.1, 0.15) is 30.4 Å². The first-order valence-electron chi connectivity index (χ1n) is 9.19. The third kappa shape index (κ3) is 5.09. The number of rotatable bonds is 6. The van der Waals surface area contributed by atoms with Crippen LogP contribution >= 0.6 is 0 Å². The molecule has 1 saturated heterocycles. The van der Waals surface area contributed by atoms with Crippen LogP contribution in [0.4, 0.5) is 0 Å². The molecule has 0 aliphatic carbocycles. The molecule has 1 aliphatic heterocycles. The van der Waals surface area contributed by atoms with Crippen molar-refractivity contribution in [2.75, 3.05) is 20.2 Å². The van der Waals surface area contributed by atoms with Crippen LogP contribution in [0.3, 0.4) is 0 Å². The van der Waals surface area contributed by atoms with Gasteiger partial charge in [-0.25, -0.2) is 0 Å². The number of nitrogens with zero attached hydrogens (tertiary/aromatic N) is 1. The lowest BCUT2D eigenvalue weighted by Gasteiger charge is -2.32. The molecule has 2 aromatic carbocycles. The van der Waals surface area contributed by atoms with E-state index in [-0.39, 0.29) is 5.91 Å². The Hall–Kier alpha value is -2.29. The predicted octanol–water partition coefficient (Wildman–Crippen LogP) is 4.11. The van der Waals surface area contributed by atoms with Gasteiger partial charge < -0.3 is 9.64 Å². The first kappa shape index (κ1) is 17.5. The molecule has 0 atom stereocenters. The van der Waals surface area contributed by atoms with Gasteiger partial charge in [-0.15, -0.1) is 0 Å². The molecule has 0 aromatic heterocycles. The van der Waals surface area contributed by atoms with Crippen molar-refractivity contribution < 1.29 is 9.53 Å². The van der Waals surface area contributed by atoms with Crippen LogP contribution in [-0.2, 0) is 17.6 Å². The van der Waals surface area contributed by atoms with Crippen LogP contribution < -0.4 is 4.74 Å². The number of carbonyl (C=O) groups is 1. The molecule has 1 aliphatic rings. The zero-order chi connectivity index (χ0) is 17.5. The van der Waals surface area contributed by atoms with Crippen LogP contribution in [0.15, 0.2) is 54.6 Å². The Balaban J connectivity index is 1.43. The molecule has 0 N–H and O–H groups in total. The number of piperidine rings is 1. The van der Waals surface area contributed by atoms with Gasteiger partial charge >= 0.3 is 0 Å². The van der Waals surface area contributed by atoms with Crippen molar-refractivity contribution in [2.45, 2.75) is 32.1 Å². The smallest absolute Gasteiger partial charge is 0.222 e. The topological polar surface area (TPSA) is 29.5 Å². The summed E-state index contributed by atoms with van der Waals surface area (Å²) in [5.74, 6) is 1.83. The fraction of sp³-hybridized carbons (Fsp3) is 0.409. The standard InChI is InChI=1S/C22H27NO2/c1-25-21-9-5-8-19(17-21)10-11-22(24)23-14-12-20(13-15-23)16-18-6-3-2-4-7-18/h2-9,17,20H,10-16H2,1H3. The molecule has 0 bridgehead atoms. The second-order valence-corrected chi connectivity index (χ2v) is 6.87. The van der Waals surface area contributed by atoms with E-state index < -0.39 is 0 Å². The summed E-state index contributed by atoms with van der Waals surface area (Å²) in [7, 11) is 1.67. The lowest BCUT2D eigenvalue weighted by molar-refractivity contribution is -0.132. The van der Waals surface area contributed by atoms with Gasteiger partial charge in [0.2, 0.25) is 5.91 Å². The molecule has 2 aromatic rings. The number of methoxy groups -OCH3 is 1. The van der Waals surface area contributed by atoms with Crippen LogP contribution in [0.25, 0.3) is 0 Å². The summed E-state index contributed by atoms with van der Waals surface area (Å²) < 4.78 is 5.24. The highest BCUT2D eigenvalue weighted by Crippen LogP contribution is 2.22. The Kier molecular flexibility index (Phi) is 6.10. The van der Waals surface area contributed by atoms with E-state index in [1.165, 1.54) is 5.56 Å². The van der Waals surface area contributed by atoms with Crippen LogP contribution in [0.2, 0.25) is 0 Å². The van der Waals surface area contributed by atoms with Crippen LogP contribution in [-0.4, -0.2) is 31.0 Å². The van der Waals surface area contributed by atoms with Crippen molar-refractivity contribution in [3.63, 3.8) is 0 Å². The van der Waals surface area contributed by atoms with Gasteiger partial charge in [0, 0.05) is 19.5 Å². The number of hydrogen-bond donors (Lipinski definition) is 0. The fourth-order valence-electron chi connectivity index (χ4n) is 3.57. The maximum absolute atomic E-state index is 12.5. The van der Waals surface area contributed by atoms with Gasteiger partial charge in [-0.05, 0) is 54.9 Å². The molecule has 0 saturated carbocycles. The van der Waals surface area contributed by atoms with E-state index in [1.807, 2.05) is 23.1 Å². The van der Waals surface area contributed by atoms with E-state index >= 15 is 0 Å². The molecule has 3 rings (SSSR count). The van der Waals surface area contributed by atoms with Gasteiger partial charge in [0.15, 0.2) is 0 Å². The van der Waals surface area contributed by atoms with E-state index in [0.717, 1.165) is 50.1 Å². The summed E-state index contributed by atoms with van der Waals surface area (Å²) in [5.41, 5.74) is 2.57. The number of carbonyl (C=O) groups excluding carboxylic acids is 1. The van der Waals surface area contributed by atoms with E-state index in [9.17, 15) is 4.79 Å². The summed E-state index contributed by atoms with van der Waals surface area (Å²) in [5, 5.41) is 0.